The predicted molar refractivity (Wildman–Crippen MR) is 163 cm³/mol. The molecule has 0 amide bonds. The van der Waals surface area contributed by atoms with Gasteiger partial charge >= 0.3 is 0 Å². The van der Waals surface area contributed by atoms with Gasteiger partial charge < -0.3 is 0 Å². The van der Waals surface area contributed by atoms with Crippen molar-refractivity contribution in [1.82, 2.24) is 0 Å². The molecular weight excluding hydrogens is 495 g/mol. The fourth-order valence-electron chi connectivity index (χ4n) is 3.58. The highest BCUT2D eigenvalue weighted by molar-refractivity contribution is 8.17. The van der Waals surface area contributed by atoms with E-state index in [9.17, 15) is 0 Å². The summed E-state index contributed by atoms with van der Waals surface area (Å²) in [5.41, 5.74) is 7.44. The highest BCUT2D eigenvalue weighted by Gasteiger charge is 2.18. The maximum atomic E-state index is 5.18. The molecule has 0 saturated carbocycles. The van der Waals surface area contributed by atoms with Crippen LogP contribution in [0.15, 0.2) is 111 Å². The quantitative estimate of drug-likeness (QED) is 0.0978. The maximum absolute atomic E-state index is 5.18. The molecular formula is C32H33NS3. The molecule has 36 heavy (non-hydrogen) atoms. The van der Waals surface area contributed by atoms with Crippen molar-refractivity contribution >= 4 is 46.0 Å². The molecule has 0 fully saturated rings. The number of aryl methyl sites for hydroxylation is 5. The fourth-order valence-corrected chi connectivity index (χ4v) is 7.27. The zero-order valence-electron chi connectivity index (χ0n) is 21.6. The summed E-state index contributed by atoms with van der Waals surface area (Å²) in [6.07, 6.45) is 0.864. The fraction of sp³-hybridized carbons (Fsp3) is 0.219. The van der Waals surface area contributed by atoms with Gasteiger partial charge in [-0.2, -0.15) is 0 Å². The molecule has 4 rings (SSSR count). The summed E-state index contributed by atoms with van der Waals surface area (Å²) in [6, 6.07) is 33.0. The van der Waals surface area contributed by atoms with Gasteiger partial charge in [0.1, 0.15) is 0 Å². The second-order valence-corrected chi connectivity index (χ2v) is 13.2. The predicted octanol–water partition coefficient (Wildman–Crippen LogP) is 10.4. The van der Waals surface area contributed by atoms with Crippen LogP contribution in [0.1, 0.15) is 34.2 Å². The van der Waals surface area contributed by atoms with E-state index in [1.165, 1.54) is 42.5 Å². The Balaban J connectivity index is 1.66. The molecule has 0 bridgehead atoms. The van der Waals surface area contributed by atoms with Gasteiger partial charge in [-0.15, -0.1) is 23.5 Å². The number of rotatable bonds is 8. The van der Waals surface area contributed by atoms with E-state index >= 15 is 0 Å². The van der Waals surface area contributed by atoms with Crippen molar-refractivity contribution < 1.29 is 0 Å². The van der Waals surface area contributed by atoms with Gasteiger partial charge in [-0.1, -0.05) is 70.9 Å². The first-order valence-corrected chi connectivity index (χ1v) is 14.8. The second-order valence-electron chi connectivity index (χ2n) is 9.18. The third-order valence-electron chi connectivity index (χ3n) is 5.92. The molecule has 0 atom stereocenters. The lowest BCUT2D eigenvalue weighted by atomic mass is 10.1. The van der Waals surface area contributed by atoms with E-state index in [1.807, 2.05) is 23.5 Å². The topological polar surface area (TPSA) is 12.4 Å². The molecule has 0 aliphatic carbocycles. The highest BCUT2D eigenvalue weighted by atomic mass is 32.2. The second kappa shape index (κ2) is 12.7. The van der Waals surface area contributed by atoms with E-state index in [2.05, 4.69) is 126 Å². The van der Waals surface area contributed by atoms with Crippen LogP contribution < -0.4 is 0 Å². The Labute approximate surface area is 229 Å². The van der Waals surface area contributed by atoms with Crippen molar-refractivity contribution in [3.05, 3.63) is 119 Å². The lowest BCUT2D eigenvalue weighted by Crippen LogP contribution is -2.05. The first kappa shape index (κ1) is 26.7. The first-order valence-electron chi connectivity index (χ1n) is 12.2. The van der Waals surface area contributed by atoms with Crippen molar-refractivity contribution in [2.24, 2.45) is 4.99 Å². The summed E-state index contributed by atoms with van der Waals surface area (Å²) < 4.78 is 0.290. The van der Waals surface area contributed by atoms with Crippen LogP contribution in [-0.2, 0) is 0 Å². The molecule has 184 valence electrons. The van der Waals surface area contributed by atoms with E-state index in [1.54, 1.807) is 11.8 Å². The third-order valence-corrected chi connectivity index (χ3v) is 9.45. The molecule has 0 heterocycles. The molecule has 1 nitrogen and oxygen atoms in total. The Hall–Kier alpha value is -2.40. The lowest BCUT2D eigenvalue weighted by molar-refractivity contribution is 1.22. The van der Waals surface area contributed by atoms with Gasteiger partial charge in [0.05, 0.1) is 15.3 Å². The Kier molecular flexibility index (Phi) is 9.41. The SMILES string of the molecule is Cc1ccc(SC(CC(Sc2ccc(C)cc2)Sc2ccc(C)cc2)=Nc2ccc(C)c(C)c2)cc1. The highest BCUT2D eigenvalue weighted by Crippen LogP contribution is 2.40. The van der Waals surface area contributed by atoms with Crippen LogP contribution in [0.25, 0.3) is 0 Å². The molecule has 0 unspecified atom stereocenters. The van der Waals surface area contributed by atoms with E-state index in [4.69, 9.17) is 4.99 Å². The van der Waals surface area contributed by atoms with Crippen molar-refractivity contribution in [3.8, 4) is 0 Å². The lowest BCUT2D eigenvalue weighted by Gasteiger charge is -2.18. The average molecular weight is 528 g/mol. The molecule has 4 aromatic rings. The summed E-state index contributed by atoms with van der Waals surface area (Å²) in [6.45, 7) is 10.7. The number of nitrogens with zero attached hydrogens (tertiary/aromatic N) is 1. The van der Waals surface area contributed by atoms with Crippen molar-refractivity contribution in [3.63, 3.8) is 0 Å². The number of aliphatic imine (C=N–C) groups is 1. The van der Waals surface area contributed by atoms with Gasteiger partial charge in [0.2, 0.25) is 0 Å². The van der Waals surface area contributed by atoms with Crippen LogP contribution in [-0.4, -0.2) is 9.63 Å². The zero-order valence-corrected chi connectivity index (χ0v) is 24.1. The average Bonchev–Trinajstić information content (AvgIpc) is 2.85. The zero-order chi connectivity index (χ0) is 25.5. The van der Waals surface area contributed by atoms with Gasteiger partial charge in [-0.05, 0) is 94.3 Å². The molecule has 4 heteroatoms. The molecule has 0 aliphatic heterocycles. The summed E-state index contributed by atoms with van der Waals surface area (Å²) >= 11 is 5.63. The van der Waals surface area contributed by atoms with E-state index in [-0.39, 0.29) is 0 Å². The van der Waals surface area contributed by atoms with Gasteiger partial charge in [0.25, 0.3) is 0 Å². The van der Waals surface area contributed by atoms with E-state index in [0.717, 1.165) is 17.2 Å². The van der Waals surface area contributed by atoms with Gasteiger partial charge in [0.15, 0.2) is 0 Å². The maximum Gasteiger partial charge on any atom is 0.0806 e. The third kappa shape index (κ3) is 8.06. The van der Waals surface area contributed by atoms with Crippen LogP contribution in [0.5, 0.6) is 0 Å². The van der Waals surface area contributed by atoms with Crippen LogP contribution in [0.2, 0.25) is 0 Å². The largest absolute Gasteiger partial charge is 0.246 e. The standard InChI is InChI=1S/C32H33NS3/c1-22-6-14-28(15-7-22)34-31(33-27-13-12-25(4)26(5)20-27)21-32(35-29-16-8-23(2)9-17-29)36-30-18-10-24(3)11-19-30/h6-20,32H,21H2,1-5H3. The number of thioether (sulfide) groups is 3. The van der Waals surface area contributed by atoms with Crippen LogP contribution >= 0.6 is 35.3 Å². The van der Waals surface area contributed by atoms with Gasteiger partial charge in [-0.25, -0.2) is 4.99 Å². The van der Waals surface area contributed by atoms with Crippen LogP contribution in [0.4, 0.5) is 5.69 Å². The van der Waals surface area contributed by atoms with Gasteiger partial charge in [0, 0.05) is 21.1 Å². The van der Waals surface area contributed by atoms with Gasteiger partial charge in [-0.3, -0.25) is 0 Å². The van der Waals surface area contributed by atoms with Crippen molar-refractivity contribution in [2.45, 2.75) is 60.3 Å². The Morgan fingerprint density at radius 1 is 0.583 bits per heavy atom. The van der Waals surface area contributed by atoms with Crippen molar-refractivity contribution in [2.75, 3.05) is 0 Å². The molecule has 0 aliphatic rings. The molecule has 4 aromatic carbocycles. The van der Waals surface area contributed by atoms with Crippen molar-refractivity contribution in [1.29, 1.82) is 0 Å². The number of hydrogen-bond acceptors (Lipinski definition) is 4. The summed E-state index contributed by atoms with van der Waals surface area (Å²) in [4.78, 5) is 8.98. The minimum atomic E-state index is 0.290. The minimum absolute atomic E-state index is 0.290. The summed E-state index contributed by atoms with van der Waals surface area (Å²) in [5, 5.41) is 1.13. The van der Waals surface area contributed by atoms with E-state index < -0.39 is 0 Å². The summed E-state index contributed by atoms with van der Waals surface area (Å²) in [7, 11) is 0. The molecule has 0 spiro atoms. The summed E-state index contributed by atoms with van der Waals surface area (Å²) in [5.74, 6) is 0. The number of hydrogen-bond donors (Lipinski definition) is 0. The molecule has 0 aromatic heterocycles. The number of benzene rings is 4. The monoisotopic (exact) mass is 527 g/mol. The first-order chi connectivity index (χ1) is 17.3. The van der Waals surface area contributed by atoms with Crippen LogP contribution in [0, 0.1) is 34.6 Å². The Bertz CT molecular complexity index is 1260. The minimum Gasteiger partial charge on any atom is -0.246 e. The smallest absolute Gasteiger partial charge is 0.0806 e. The molecule has 0 saturated heterocycles. The van der Waals surface area contributed by atoms with Crippen LogP contribution in [0.3, 0.4) is 0 Å². The molecule has 0 N–H and O–H groups in total. The Morgan fingerprint density at radius 2 is 1.06 bits per heavy atom. The van der Waals surface area contributed by atoms with E-state index in [0.29, 0.717) is 4.58 Å². The molecule has 0 radical (unpaired) electrons. The normalized spacial score (nSPS) is 11.8. The Morgan fingerprint density at radius 3 is 1.53 bits per heavy atom.